The third-order valence-corrected chi connectivity index (χ3v) is 3.37. The molecule has 0 bridgehead atoms. The molecule has 0 saturated heterocycles. The zero-order valence-electron chi connectivity index (χ0n) is 15.1. The maximum Gasteiger partial charge on any atom is 0.328 e. The summed E-state index contributed by atoms with van der Waals surface area (Å²) in [6, 6.07) is 5.89. The number of nitrogens with one attached hydrogen (secondary N) is 2. The van der Waals surface area contributed by atoms with Crippen LogP contribution in [0.15, 0.2) is 24.3 Å². The van der Waals surface area contributed by atoms with Crippen LogP contribution in [0.25, 0.3) is 0 Å². The number of rotatable bonds is 9. The number of methoxy groups -OCH3 is 1. The smallest absolute Gasteiger partial charge is 0.328 e. The van der Waals surface area contributed by atoms with Gasteiger partial charge in [-0.15, -0.1) is 0 Å². The van der Waals surface area contributed by atoms with Crippen LogP contribution < -0.4 is 15.4 Å². The Hall–Kier alpha value is -2.57. The van der Waals surface area contributed by atoms with E-state index in [-0.39, 0.29) is 18.4 Å². The van der Waals surface area contributed by atoms with Crippen molar-refractivity contribution < 1.29 is 23.9 Å². The van der Waals surface area contributed by atoms with E-state index in [1.165, 1.54) is 7.11 Å². The molecule has 0 spiro atoms. The zero-order valence-corrected chi connectivity index (χ0v) is 15.1. The number of carbonyl (C=O) groups excluding carboxylic acids is 3. The molecule has 1 atom stereocenters. The molecule has 1 aromatic carbocycles. The summed E-state index contributed by atoms with van der Waals surface area (Å²) < 4.78 is 9.99. The van der Waals surface area contributed by atoms with Crippen LogP contribution in [0, 0.1) is 5.92 Å². The Morgan fingerprint density at radius 1 is 1.12 bits per heavy atom. The van der Waals surface area contributed by atoms with Crippen molar-refractivity contribution in [2.45, 2.75) is 33.2 Å². The molecule has 2 amide bonds. The van der Waals surface area contributed by atoms with Crippen LogP contribution >= 0.6 is 0 Å². The van der Waals surface area contributed by atoms with E-state index in [9.17, 15) is 14.4 Å². The minimum absolute atomic E-state index is 0.211. The van der Waals surface area contributed by atoms with Gasteiger partial charge in [-0.25, -0.2) is 4.79 Å². The molecule has 0 unspecified atom stereocenters. The molecule has 7 nitrogen and oxygen atoms in total. The van der Waals surface area contributed by atoms with Crippen molar-refractivity contribution in [2.24, 2.45) is 5.92 Å². The molecule has 25 heavy (non-hydrogen) atoms. The van der Waals surface area contributed by atoms with Crippen LogP contribution in [0.1, 0.15) is 37.6 Å². The highest BCUT2D eigenvalue weighted by Gasteiger charge is 2.22. The molecule has 0 fully saturated rings. The maximum atomic E-state index is 12.0. The highest BCUT2D eigenvalue weighted by molar-refractivity contribution is 5.97. The van der Waals surface area contributed by atoms with Gasteiger partial charge in [0.2, 0.25) is 5.91 Å². The minimum Gasteiger partial charge on any atom is -0.494 e. The van der Waals surface area contributed by atoms with Gasteiger partial charge in [-0.1, -0.05) is 13.8 Å². The van der Waals surface area contributed by atoms with Crippen molar-refractivity contribution in [3.8, 4) is 5.75 Å². The van der Waals surface area contributed by atoms with Gasteiger partial charge in [0.25, 0.3) is 5.91 Å². The lowest BCUT2D eigenvalue weighted by Crippen LogP contribution is -2.46. The summed E-state index contributed by atoms with van der Waals surface area (Å²) in [6.07, 6.45) is 0.464. The van der Waals surface area contributed by atoms with Crippen LogP contribution in [0.4, 0.5) is 0 Å². The molecule has 1 aromatic rings. The number of ether oxygens (including phenoxy) is 2. The van der Waals surface area contributed by atoms with Crippen LogP contribution in [0.2, 0.25) is 0 Å². The Bertz CT molecular complexity index is 584. The number of benzene rings is 1. The molecule has 0 aliphatic rings. The van der Waals surface area contributed by atoms with Crippen molar-refractivity contribution in [1.82, 2.24) is 10.6 Å². The summed E-state index contributed by atoms with van der Waals surface area (Å²) in [7, 11) is 1.27. The van der Waals surface area contributed by atoms with Crippen molar-refractivity contribution in [3.05, 3.63) is 29.8 Å². The van der Waals surface area contributed by atoms with Crippen molar-refractivity contribution in [1.29, 1.82) is 0 Å². The summed E-state index contributed by atoms with van der Waals surface area (Å²) in [5, 5.41) is 5.11. The van der Waals surface area contributed by atoms with Gasteiger partial charge in [-0.2, -0.15) is 0 Å². The Balaban J connectivity index is 2.53. The first-order valence-corrected chi connectivity index (χ1v) is 8.25. The van der Waals surface area contributed by atoms with E-state index in [0.29, 0.717) is 24.3 Å². The quantitative estimate of drug-likeness (QED) is 0.659. The summed E-state index contributed by atoms with van der Waals surface area (Å²) in [6.45, 7) is 6.08. The molecular weight excluding hydrogens is 324 g/mol. The Morgan fingerprint density at radius 3 is 2.28 bits per heavy atom. The highest BCUT2D eigenvalue weighted by atomic mass is 16.5. The monoisotopic (exact) mass is 350 g/mol. The topological polar surface area (TPSA) is 93.7 Å². The average molecular weight is 350 g/mol. The van der Waals surface area contributed by atoms with Gasteiger partial charge in [0.1, 0.15) is 11.8 Å². The van der Waals surface area contributed by atoms with E-state index < -0.39 is 17.9 Å². The standard InChI is InChI=1S/C18H26N2O5/c1-5-25-14-8-6-13(7-9-14)17(22)19-11-16(21)20-15(10-12(2)3)18(23)24-4/h6-9,12,15H,5,10-11H2,1-4H3,(H,19,22)(H,20,21)/t15-/m1/s1. The largest absolute Gasteiger partial charge is 0.494 e. The lowest BCUT2D eigenvalue weighted by atomic mass is 10.0. The molecule has 0 aliphatic heterocycles. The van der Waals surface area contributed by atoms with E-state index >= 15 is 0 Å². The number of hydrogen-bond donors (Lipinski definition) is 2. The maximum absolute atomic E-state index is 12.0. The van der Waals surface area contributed by atoms with E-state index in [1.54, 1.807) is 24.3 Å². The van der Waals surface area contributed by atoms with Gasteiger partial charge in [0, 0.05) is 5.56 Å². The van der Waals surface area contributed by atoms with E-state index in [4.69, 9.17) is 4.74 Å². The highest BCUT2D eigenvalue weighted by Crippen LogP contribution is 2.12. The number of esters is 1. The number of amides is 2. The summed E-state index contributed by atoms with van der Waals surface area (Å²) >= 11 is 0. The summed E-state index contributed by atoms with van der Waals surface area (Å²) in [4.78, 5) is 35.7. The van der Waals surface area contributed by atoms with Crippen molar-refractivity contribution >= 4 is 17.8 Å². The van der Waals surface area contributed by atoms with Crippen LogP contribution in [-0.2, 0) is 14.3 Å². The average Bonchev–Trinajstić information content (AvgIpc) is 2.59. The van der Waals surface area contributed by atoms with Gasteiger partial charge in [-0.05, 0) is 43.5 Å². The first-order valence-electron chi connectivity index (χ1n) is 8.25. The Labute approximate surface area is 148 Å². The molecule has 0 heterocycles. The second-order valence-electron chi connectivity index (χ2n) is 5.91. The normalized spacial score (nSPS) is 11.6. The first-order chi connectivity index (χ1) is 11.9. The van der Waals surface area contributed by atoms with Crippen LogP contribution in [-0.4, -0.2) is 44.1 Å². The van der Waals surface area contributed by atoms with E-state index in [2.05, 4.69) is 15.4 Å². The number of hydrogen-bond acceptors (Lipinski definition) is 5. The van der Waals surface area contributed by atoms with Gasteiger partial charge in [-0.3, -0.25) is 9.59 Å². The number of carbonyl (C=O) groups is 3. The van der Waals surface area contributed by atoms with Crippen LogP contribution in [0.3, 0.4) is 0 Å². The molecule has 138 valence electrons. The molecule has 7 heteroatoms. The minimum atomic E-state index is -0.722. The lowest BCUT2D eigenvalue weighted by molar-refractivity contribution is -0.145. The van der Waals surface area contributed by atoms with Gasteiger partial charge < -0.3 is 20.1 Å². The SMILES string of the molecule is CCOc1ccc(C(=O)NCC(=O)N[C@H](CC(C)C)C(=O)OC)cc1. The van der Waals surface area contributed by atoms with Gasteiger partial charge in [0.15, 0.2) is 0 Å². The fraction of sp³-hybridized carbons (Fsp3) is 0.500. The van der Waals surface area contributed by atoms with E-state index in [0.717, 1.165) is 0 Å². The molecule has 2 N–H and O–H groups in total. The zero-order chi connectivity index (χ0) is 18.8. The Kier molecular flexibility index (Phi) is 8.46. The fourth-order valence-corrected chi connectivity index (χ4v) is 2.20. The third kappa shape index (κ3) is 7.24. The Morgan fingerprint density at radius 2 is 1.76 bits per heavy atom. The summed E-state index contributed by atoms with van der Waals surface area (Å²) in [5.41, 5.74) is 0.419. The molecule has 1 rings (SSSR count). The molecule has 0 aliphatic carbocycles. The van der Waals surface area contributed by atoms with Crippen LogP contribution in [0.5, 0.6) is 5.75 Å². The molecule has 0 saturated carbocycles. The predicted octanol–water partition coefficient (Wildman–Crippen LogP) is 1.52. The molecule has 0 aromatic heterocycles. The first kappa shape index (κ1) is 20.5. The second kappa shape index (κ2) is 10.3. The van der Waals surface area contributed by atoms with Gasteiger partial charge in [0.05, 0.1) is 20.3 Å². The molecular formula is C18H26N2O5. The lowest BCUT2D eigenvalue weighted by Gasteiger charge is -2.18. The van der Waals surface area contributed by atoms with Gasteiger partial charge >= 0.3 is 5.97 Å². The second-order valence-corrected chi connectivity index (χ2v) is 5.91. The predicted molar refractivity (Wildman–Crippen MR) is 93.3 cm³/mol. The fourth-order valence-electron chi connectivity index (χ4n) is 2.20. The third-order valence-electron chi connectivity index (χ3n) is 3.37. The van der Waals surface area contributed by atoms with Crippen molar-refractivity contribution in [2.75, 3.05) is 20.3 Å². The molecule has 0 radical (unpaired) electrons. The summed E-state index contributed by atoms with van der Waals surface area (Å²) in [5.74, 6) is -0.443. The van der Waals surface area contributed by atoms with Crippen molar-refractivity contribution in [3.63, 3.8) is 0 Å². The van der Waals surface area contributed by atoms with E-state index in [1.807, 2.05) is 20.8 Å².